The summed E-state index contributed by atoms with van der Waals surface area (Å²) in [4.78, 5) is 11.7. The van der Waals surface area contributed by atoms with E-state index in [0.717, 1.165) is 4.47 Å². The molecule has 1 aromatic rings. The van der Waals surface area contributed by atoms with Gasteiger partial charge in [0.15, 0.2) is 0 Å². The number of nitrogens with two attached hydrogens (primary N) is 1. The van der Waals surface area contributed by atoms with Gasteiger partial charge in [-0.3, -0.25) is 4.79 Å². The van der Waals surface area contributed by atoms with Crippen LogP contribution < -0.4 is 11.1 Å². The fourth-order valence-electron chi connectivity index (χ4n) is 1.60. The van der Waals surface area contributed by atoms with Crippen LogP contribution in [-0.2, 0) is 10.2 Å². The number of rotatable bonds is 5. The third-order valence-corrected chi connectivity index (χ3v) is 3.61. The van der Waals surface area contributed by atoms with E-state index in [1.54, 1.807) is 0 Å². The van der Waals surface area contributed by atoms with Crippen LogP contribution in [0.5, 0.6) is 0 Å². The van der Waals surface area contributed by atoms with E-state index in [0.29, 0.717) is 13.1 Å². The lowest BCUT2D eigenvalue weighted by Crippen LogP contribution is -2.40. The number of carbonyl (C=O) groups excluding carboxylic acids is 1. The minimum absolute atomic E-state index is 0. The Hall–Kier alpha value is -0.580. The van der Waals surface area contributed by atoms with Crippen LogP contribution >= 0.6 is 28.3 Å². The summed E-state index contributed by atoms with van der Waals surface area (Å²) in [5.41, 5.74) is 6.57. The second-order valence-electron chi connectivity index (χ2n) is 5.25. The van der Waals surface area contributed by atoms with Gasteiger partial charge in [0, 0.05) is 28.9 Å². The number of halogens is 2. The SMILES string of the molecule is CC(CN)C(=O)NCC(C)(C)c1cccc(Br)c1.Cl. The standard InChI is InChI=1S/C14H21BrN2O.ClH/c1-10(8-16)13(18)17-9-14(2,3)11-5-4-6-12(15)7-11;/h4-7,10H,8-9,16H2,1-3H3,(H,17,18);1H. The molecule has 0 aromatic heterocycles. The van der Waals surface area contributed by atoms with Gasteiger partial charge in [-0.15, -0.1) is 12.4 Å². The maximum absolute atomic E-state index is 11.7. The zero-order valence-electron chi connectivity index (χ0n) is 11.6. The van der Waals surface area contributed by atoms with E-state index in [-0.39, 0.29) is 29.6 Å². The number of hydrogen-bond acceptors (Lipinski definition) is 2. The summed E-state index contributed by atoms with van der Waals surface area (Å²) in [5.74, 6) is -0.121. The normalized spacial score (nSPS) is 12.5. The van der Waals surface area contributed by atoms with Crippen LogP contribution in [-0.4, -0.2) is 19.0 Å². The first-order valence-electron chi connectivity index (χ1n) is 6.10. The van der Waals surface area contributed by atoms with Gasteiger partial charge in [0.25, 0.3) is 0 Å². The van der Waals surface area contributed by atoms with Crippen molar-refractivity contribution in [2.24, 2.45) is 11.7 Å². The molecule has 1 atom stereocenters. The summed E-state index contributed by atoms with van der Waals surface area (Å²) in [6, 6.07) is 8.15. The first kappa shape index (κ1) is 18.4. The average molecular weight is 350 g/mol. The van der Waals surface area contributed by atoms with Gasteiger partial charge in [-0.2, -0.15) is 0 Å². The summed E-state index contributed by atoms with van der Waals surface area (Å²) in [7, 11) is 0. The molecule has 0 aliphatic carbocycles. The molecule has 0 heterocycles. The molecule has 0 spiro atoms. The predicted molar refractivity (Wildman–Crippen MR) is 85.6 cm³/mol. The zero-order valence-corrected chi connectivity index (χ0v) is 14.0. The van der Waals surface area contributed by atoms with Crippen molar-refractivity contribution in [1.29, 1.82) is 0 Å². The third kappa shape index (κ3) is 5.51. The molecule has 0 saturated carbocycles. The molecule has 0 saturated heterocycles. The van der Waals surface area contributed by atoms with Crippen molar-refractivity contribution >= 4 is 34.2 Å². The van der Waals surface area contributed by atoms with E-state index >= 15 is 0 Å². The minimum Gasteiger partial charge on any atom is -0.355 e. The fraction of sp³-hybridized carbons (Fsp3) is 0.500. The van der Waals surface area contributed by atoms with Gasteiger partial charge in [0.1, 0.15) is 0 Å². The van der Waals surface area contributed by atoms with Gasteiger partial charge in [-0.05, 0) is 17.7 Å². The number of carbonyl (C=O) groups is 1. The Morgan fingerprint density at radius 3 is 2.63 bits per heavy atom. The summed E-state index contributed by atoms with van der Waals surface area (Å²) in [6.45, 7) is 7.04. The Kier molecular flexibility index (Phi) is 7.64. The van der Waals surface area contributed by atoms with Crippen molar-refractivity contribution in [3.8, 4) is 0 Å². The molecule has 1 unspecified atom stereocenters. The van der Waals surface area contributed by atoms with Crippen molar-refractivity contribution in [2.45, 2.75) is 26.2 Å². The van der Waals surface area contributed by atoms with Crippen molar-refractivity contribution in [3.63, 3.8) is 0 Å². The number of benzene rings is 1. The van der Waals surface area contributed by atoms with Crippen LogP contribution in [0.15, 0.2) is 28.7 Å². The van der Waals surface area contributed by atoms with Crippen LogP contribution in [0, 0.1) is 5.92 Å². The molecular weight excluding hydrogens is 328 g/mol. The number of hydrogen-bond donors (Lipinski definition) is 2. The Bertz CT molecular complexity index is 424. The van der Waals surface area contributed by atoms with E-state index in [4.69, 9.17) is 5.73 Å². The van der Waals surface area contributed by atoms with E-state index in [1.165, 1.54) is 5.56 Å². The largest absolute Gasteiger partial charge is 0.355 e. The summed E-state index contributed by atoms with van der Waals surface area (Å²) in [6.07, 6.45) is 0. The molecule has 1 rings (SSSR count). The van der Waals surface area contributed by atoms with Gasteiger partial charge < -0.3 is 11.1 Å². The quantitative estimate of drug-likeness (QED) is 0.859. The lowest BCUT2D eigenvalue weighted by molar-refractivity contribution is -0.124. The van der Waals surface area contributed by atoms with Gasteiger partial charge in [-0.25, -0.2) is 0 Å². The van der Waals surface area contributed by atoms with Crippen LogP contribution in [0.4, 0.5) is 0 Å². The molecule has 3 nitrogen and oxygen atoms in total. The highest BCUT2D eigenvalue weighted by atomic mass is 79.9. The van der Waals surface area contributed by atoms with Gasteiger partial charge in [-0.1, -0.05) is 48.8 Å². The summed E-state index contributed by atoms with van der Waals surface area (Å²) < 4.78 is 1.05. The summed E-state index contributed by atoms with van der Waals surface area (Å²) >= 11 is 3.47. The molecule has 1 aromatic carbocycles. The van der Waals surface area contributed by atoms with Crippen LogP contribution in [0.2, 0.25) is 0 Å². The first-order valence-corrected chi connectivity index (χ1v) is 6.90. The highest BCUT2D eigenvalue weighted by molar-refractivity contribution is 9.10. The Balaban J connectivity index is 0.00000324. The molecule has 0 aliphatic heterocycles. The third-order valence-electron chi connectivity index (χ3n) is 3.11. The first-order chi connectivity index (χ1) is 8.36. The second kappa shape index (κ2) is 7.88. The molecule has 19 heavy (non-hydrogen) atoms. The highest BCUT2D eigenvalue weighted by Crippen LogP contribution is 2.25. The second-order valence-corrected chi connectivity index (χ2v) is 6.16. The lowest BCUT2D eigenvalue weighted by Gasteiger charge is -2.26. The van der Waals surface area contributed by atoms with Crippen LogP contribution in [0.25, 0.3) is 0 Å². The average Bonchev–Trinajstić information content (AvgIpc) is 2.35. The van der Waals surface area contributed by atoms with Crippen LogP contribution in [0.1, 0.15) is 26.3 Å². The predicted octanol–water partition coefficient (Wildman–Crippen LogP) is 2.86. The molecule has 1 amide bonds. The molecule has 0 fully saturated rings. The smallest absolute Gasteiger partial charge is 0.224 e. The highest BCUT2D eigenvalue weighted by Gasteiger charge is 2.22. The van der Waals surface area contributed by atoms with E-state index < -0.39 is 0 Å². The number of nitrogens with one attached hydrogen (secondary N) is 1. The topological polar surface area (TPSA) is 55.1 Å². The van der Waals surface area contributed by atoms with Crippen molar-refractivity contribution < 1.29 is 4.79 Å². The molecule has 0 bridgehead atoms. The van der Waals surface area contributed by atoms with E-state index in [1.807, 2.05) is 19.1 Å². The molecule has 0 aliphatic rings. The number of amides is 1. The Morgan fingerprint density at radius 1 is 1.47 bits per heavy atom. The maximum atomic E-state index is 11.7. The van der Waals surface area contributed by atoms with Crippen molar-refractivity contribution in [2.75, 3.05) is 13.1 Å². The molecule has 108 valence electrons. The lowest BCUT2D eigenvalue weighted by atomic mass is 9.84. The molecule has 0 radical (unpaired) electrons. The maximum Gasteiger partial charge on any atom is 0.224 e. The van der Waals surface area contributed by atoms with Crippen molar-refractivity contribution in [3.05, 3.63) is 34.3 Å². The summed E-state index contributed by atoms with van der Waals surface area (Å²) in [5, 5.41) is 2.96. The Morgan fingerprint density at radius 2 is 2.11 bits per heavy atom. The van der Waals surface area contributed by atoms with Gasteiger partial charge >= 0.3 is 0 Å². The Labute approximate surface area is 129 Å². The van der Waals surface area contributed by atoms with Gasteiger partial charge in [0.2, 0.25) is 5.91 Å². The van der Waals surface area contributed by atoms with Crippen molar-refractivity contribution in [1.82, 2.24) is 5.32 Å². The fourth-order valence-corrected chi connectivity index (χ4v) is 2.00. The van der Waals surface area contributed by atoms with E-state index in [2.05, 4.69) is 47.2 Å². The molecule has 3 N–H and O–H groups in total. The monoisotopic (exact) mass is 348 g/mol. The van der Waals surface area contributed by atoms with Crippen LogP contribution in [0.3, 0.4) is 0 Å². The minimum atomic E-state index is -0.136. The molecule has 5 heteroatoms. The zero-order chi connectivity index (χ0) is 13.8. The van der Waals surface area contributed by atoms with Gasteiger partial charge in [0.05, 0.1) is 0 Å². The van der Waals surface area contributed by atoms with E-state index in [9.17, 15) is 4.79 Å². The molecular formula is C14H22BrClN2O.